The summed E-state index contributed by atoms with van der Waals surface area (Å²) >= 11 is 0. The fourth-order valence-electron chi connectivity index (χ4n) is 4.87. The van der Waals surface area contributed by atoms with E-state index >= 15 is 0 Å². The molecule has 3 N–H and O–H groups in total. The van der Waals surface area contributed by atoms with Crippen molar-refractivity contribution in [3.05, 3.63) is 65.2 Å². The van der Waals surface area contributed by atoms with Crippen LogP contribution in [-0.4, -0.2) is 82.3 Å². The van der Waals surface area contributed by atoms with Gasteiger partial charge in [0, 0.05) is 30.8 Å². The first kappa shape index (κ1) is 35.5. The number of ether oxygens (including phenoxy) is 2. The first-order valence-corrected chi connectivity index (χ1v) is 17.4. The van der Waals surface area contributed by atoms with Crippen LogP contribution in [0, 0.1) is 0 Å². The van der Waals surface area contributed by atoms with Gasteiger partial charge in [0.2, 0.25) is 17.7 Å². The lowest BCUT2D eigenvalue weighted by Gasteiger charge is -2.27. The summed E-state index contributed by atoms with van der Waals surface area (Å²) in [5.41, 5.74) is 0.235. The largest absolute Gasteiger partial charge is 0.458 e. The fraction of sp³-hybridized carbons (Fsp3) is 0.406. The highest BCUT2D eigenvalue weighted by molar-refractivity contribution is 8.76. The standard InChI is InChI=1S/C32H36N4O9S2/c1-32(2,3)45-30(42)22(18-19-8-5-4-6-9-19)33-25(38)14-16-46-47-17-15-44-31(43)34-21-11-7-10-20-26(21)29(41)36(28(20)40)23-12-13-24(37)35-27(23)39/h4-11,22-23H,12-18H2,1-3H3,(H,33,38)(H,34,43)(H,35,37,39)/t22-,23?/m0/s1. The van der Waals surface area contributed by atoms with Crippen LogP contribution in [0.3, 0.4) is 0 Å². The van der Waals surface area contributed by atoms with Crippen LogP contribution < -0.4 is 16.0 Å². The van der Waals surface area contributed by atoms with Crippen LogP contribution in [0.1, 0.15) is 66.3 Å². The monoisotopic (exact) mass is 684 g/mol. The number of amides is 6. The molecule has 0 saturated carbocycles. The highest BCUT2D eigenvalue weighted by Crippen LogP contribution is 2.32. The van der Waals surface area contributed by atoms with E-state index in [2.05, 4.69) is 16.0 Å². The van der Waals surface area contributed by atoms with E-state index in [4.69, 9.17) is 9.47 Å². The van der Waals surface area contributed by atoms with Crippen LogP contribution in [0.4, 0.5) is 10.5 Å². The predicted molar refractivity (Wildman–Crippen MR) is 176 cm³/mol. The van der Waals surface area contributed by atoms with Gasteiger partial charge in [-0.25, -0.2) is 9.59 Å². The quantitative estimate of drug-likeness (QED) is 0.122. The fourth-order valence-corrected chi connectivity index (χ4v) is 6.69. The lowest BCUT2D eigenvalue weighted by atomic mass is 10.0. The number of piperidine rings is 1. The van der Waals surface area contributed by atoms with Gasteiger partial charge in [0.05, 0.1) is 16.8 Å². The Hall–Kier alpha value is -4.37. The molecule has 1 saturated heterocycles. The van der Waals surface area contributed by atoms with Crippen molar-refractivity contribution >= 4 is 68.9 Å². The number of hydrogen-bond acceptors (Lipinski definition) is 11. The normalized spacial score (nSPS) is 16.7. The number of benzene rings is 2. The maximum atomic E-state index is 13.2. The Bertz CT molecular complexity index is 1540. The molecule has 6 amide bonds. The third-order valence-electron chi connectivity index (χ3n) is 6.91. The molecule has 1 fully saturated rings. The minimum Gasteiger partial charge on any atom is -0.458 e. The average molecular weight is 685 g/mol. The van der Waals surface area contributed by atoms with Crippen LogP contribution in [-0.2, 0) is 35.1 Å². The van der Waals surface area contributed by atoms with Gasteiger partial charge in [-0.2, -0.15) is 0 Å². The van der Waals surface area contributed by atoms with Crippen LogP contribution in [0.2, 0.25) is 0 Å². The molecule has 2 aromatic carbocycles. The average Bonchev–Trinajstić information content (AvgIpc) is 3.26. The Morgan fingerprint density at radius 1 is 0.979 bits per heavy atom. The van der Waals surface area contributed by atoms with Gasteiger partial charge >= 0.3 is 12.1 Å². The number of anilines is 1. The maximum Gasteiger partial charge on any atom is 0.411 e. The molecule has 2 heterocycles. The van der Waals surface area contributed by atoms with Gasteiger partial charge in [-0.1, -0.05) is 58.0 Å². The number of fused-ring (bicyclic) bond motifs is 1. The van der Waals surface area contributed by atoms with Gasteiger partial charge in [0.1, 0.15) is 24.3 Å². The van der Waals surface area contributed by atoms with Crippen molar-refractivity contribution in [3.63, 3.8) is 0 Å². The molecule has 4 rings (SSSR count). The van der Waals surface area contributed by atoms with Gasteiger partial charge in [-0.3, -0.25) is 39.5 Å². The first-order valence-electron chi connectivity index (χ1n) is 14.9. The van der Waals surface area contributed by atoms with Crippen molar-refractivity contribution in [3.8, 4) is 0 Å². The summed E-state index contributed by atoms with van der Waals surface area (Å²) in [5, 5.41) is 7.41. The highest BCUT2D eigenvalue weighted by Gasteiger charge is 2.45. The zero-order chi connectivity index (χ0) is 34.1. The molecule has 1 unspecified atom stereocenters. The van der Waals surface area contributed by atoms with E-state index < -0.39 is 53.4 Å². The minimum absolute atomic E-state index is 0.00589. The Labute approximate surface area is 279 Å². The summed E-state index contributed by atoms with van der Waals surface area (Å²) in [5.74, 6) is -2.58. The minimum atomic E-state index is -1.12. The topological polar surface area (TPSA) is 177 Å². The van der Waals surface area contributed by atoms with Gasteiger partial charge in [0.25, 0.3) is 11.8 Å². The summed E-state index contributed by atoms with van der Waals surface area (Å²) in [7, 11) is 2.79. The smallest absolute Gasteiger partial charge is 0.411 e. The third-order valence-corrected chi connectivity index (χ3v) is 9.28. The number of esters is 1. The summed E-state index contributed by atoms with van der Waals surface area (Å²) < 4.78 is 10.7. The Morgan fingerprint density at radius 2 is 1.70 bits per heavy atom. The molecule has 2 aromatic rings. The number of carbonyl (C=O) groups is 7. The van der Waals surface area contributed by atoms with E-state index in [0.29, 0.717) is 17.9 Å². The number of hydrogen-bond donors (Lipinski definition) is 3. The van der Waals surface area contributed by atoms with Crippen LogP contribution in [0.5, 0.6) is 0 Å². The second kappa shape index (κ2) is 16.0. The Balaban J connectivity index is 1.18. The van der Waals surface area contributed by atoms with Crippen molar-refractivity contribution in [2.24, 2.45) is 0 Å². The predicted octanol–water partition coefficient (Wildman–Crippen LogP) is 3.48. The molecule has 2 aliphatic heterocycles. The number of imide groups is 2. The SMILES string of the molecule is CC(C)(C)OC(=O)[C@H](Cc1ccccc1)NC(=O)CCSSCCOC(=O)Nc1cccc2c1C(=O)N(C1CCC(=O)NC1=O)C2=O. The summed E-state index contributed by atoms with van der Waals surface area (Å²) in [6.07, 6.45) is -0.364. The molecule has 0 bridgehead atoms. The van der Waals surface area contributed by atoms with Gasteiger partial charge in [-0.15, -0.1) is 0 Å². The second-order valence-electron chi connectivity index (χ2n) is 11.7. The van der Waals surface area contributed by atoms with E-state index in [1.54, 1.807) is 20.8 Å². The van der Waals surface area contributed by atoms with Gasteiger partial charge in [-0.05, 0) is 44.9 Å². The van der Waals surface area contributed by atoms with E-state index in [0.717, 1.165) is 10.5 Å². The van der Waals surface area contributed by atoms with Crippen molar-refractivity contribution < 1.29 is 43.0 Å². The molecule has 0 spiro atoms. The van der Waals surface area contributed by atoms with Crippen molar-refractivity contribution in [2.45, 2.75) is 64.1 Å². The lowest BCUT2D eigenvalue weighted by Crippen LogP contribution is -2.54. The molecule has 13 nitrogen and oxygen atoms in total. The van der Waals surface area contributed by atoms with Crippen LogP contribution in [0.25, 0.3) is 0 Å². The molecule has 0 radical (unpaired) electrons. The maximum absolute atomic E-state index is 13.2. The lowest BCUT2D eigenvalue weighted by molar-refractivity contribution is -0.158. The van der Waals surface area contributed by atoms with E-state index in [1.165, 1.54) is 39.8 Å². The van der Waals surface area contributed by atoms with Crippen molar-refractivity contribution in [1.82, 2.24) is 15.5 Å². The molecule has 0 aromatic heterocycles. The Kier molecular flexibility index (Phi) is 12.0. The second-order valence-corrected chi connectivity index (χ2v) is 14.4. The van der Waals surface area contributed by atoms with Crippen LogP contribution in [0.15, 0.2) is 48.5 Å². The van der Waals surface area contributed by atoms with Gasteiger partial charge in [0.15, 0.2) is 0 Å². The zero-order valence-electron chi connectivity index (χ0n) is 26.2. The number of nitrogens with one attached hydrogen (secondary N) is 3. The number of rotatable bonds is 13. The molecule has 2 atom stereocenters. The zero-order valence-corrected chi connectivity index (χ0v) is 27.8. The van der Waals surface area contributed by atoms with Crippen LogP contribution >= 0.6 is 21.6 Å². The van der Waals surface area contributed by atoms with Crippen molar-refractivity contribution in [2.75, 3.05) is 23.4 Å². The molecular weight excluding hydrogens is 649 g/mol. The molecule has 0 aliphatic carbocycles. The summed E-state index contributed by atoms with van der Waals surface area (Å²) in [6.45, 7) is 5.33. The number of carbonyl (C=O) groups excluding carboxylic acids is 7. The van der Waals surface area contributed by atoms with Crippen molar-refractivity contribution in [1.29, 1.82) is 0 Å². The molecule has 15 heteroatoms. The van der Waals surface area contributed by atoms with E-state index in [-0.39, 0.29) is 48.6 Å². The molecule has 2 aliphatic rings. The van der Waals surface area contributed by atoms with E-state index in [1.807, 2.05) is 30.3 Å². The first-order chi connectivity index (χ1) is 22.3. The van der Waals surface area contributed by atoms with Gasteiger partial charge < -0.3 is 14.8 Å². The van der Waals surface area contributed by atoms with E-state index in [9.17, 15) is 33.6 Å². The molecule has 47 heavy (non-hydrogen) atoms. The Morgan fingerprint density at radius 3 is 2.40 bits per heavy atom. The summed E-state index contributed by atoms with van der Waals surface area (Å²) in [4.78, 5) is 88.6. The molecular formula is C32H36N4O9S2. The summed E-state index contributed by atoms with van der Waals surface area (Å²) in [6, 6.07) is 11.8. The third kappa shape index (κ3) is 9.81. The molecule has 250 valence electrons. The number of nitrogens with zero attached hydrogens (tertiary/aromatic N) is 1. The highest BCUT2D eigenvalue weighted by atomic mass is 33.1.